The van der Waals surface area contributed by atoms with Crippen LogP contribution in [-0.2, 0) is 19.6 Å². The molecule has 7 nitrogen and oxygen atoms in total. The molecule has 27 heavy (non-hydrogen) atoms. The monoisotopic (exact) mass is 430 g/mol. The van der Waals surface area contributed by atoms with Gasteiger partial charge in [-0.3, -0.25) is 9.52 Å². The Bertz CT molecular complexity index is 964. The number of amides is 1. The van der Waals surface area contributed by atoms with Crippen molar-refractivity contribution in [3.8, 4) is 0 Å². The number of ether oxygens (including phenoxy) is 1. The van der Waals surface area contributed by atoms with E-state index in [0.717, 1.165) is 0 Å². The molecule has 2 aromatic rings. The van der Waals surface area contributed by atoms with Crippen LogP contribution >= 0.6 is 23.2 Å². The van der Waals surface area contributed by atoms with Crippen LogP contribution in [0.15, 0.2) is 47.4 Å². The van der Waals surface area contributed by atoms with Gasteiger partial charge in [-0.05, 0) is 37.3 Å². The molecule has 0 aromatic heterocycles. The van der Waals surface area contributed by atoms with Crippen molar-refractivity contribution in [2.24, 2.45) is 0 Å². The van der Waals surface area contributed by atoms with Gasteiger partial charge < -0.3 is 10.1 Å². The molecule has 0 spiro atoms. The smallest absolute Gasteiger partial charge is 0.340 e. The highest BCUT2D eigenvalue weighted by atomic mass is 35.5. The van der Waals surface area contributed by atoms with Gasteiger partial charge in [-0.1, -0.05) is 35.3 Å². The Kier molecular flexibility index (Phi) is 7.06. The zero-order valence-corrected chi connectivity index (χ0v) is 16.5. The van der Waals surface area contributed by atoms with Crippen molar-refractivity contribution in [3.63, 3.8) is 0 Å². The summed E-state index contributed by atoms with van der Waals surface area (Å²) in [7, 11) is -4.12. The number of hydrogen-bond acceptors (Lipinski definition) is 5. The number of sulfonamides is 1. The van der Waals surface area contributed by atoms with Gasteiger partial charge in [-0.2, -0.15) is 0 Å². The number of benzene rings is 2. The van der Waals surface area contributed by atoms with E-state index in [1.54, 1.807) is 6.92 Å². The number of para-hydroxylation sites is 1. The van der Waals surface area contributed by atoms with Crippen LogP contribution in [0.1, 0.15) is 17.3 Å². The summed E-state index contributed by atoms with van der Waals surface area (Å²) in [4.78, 5) is 23.4. The minimum Gasteiger partial charge on any atom is -0.452 e. The minimum absolute atomic E-state index is 0.0190. The standard InChI is InChI=1S/C17H16Cl2N2O5S/c1-2-20-16(22)10-26-17(23)12-5-3-4-6-14(12)21-27(24,25)15-9-11(18)7-8-13(15)19/h3-9,21H,2,10H2,1H3,(H,20,22). The maximum Gasteiger partial charge on any atom is 0.340 e. The van der Waals surface area contributed by atoms with Gasteiger partial charge in [0.2, 0.25) is 0 Å². The van der Waals surface area contributed by atoms with Crippen molar-refractivity contribution >= 4 is 50.8 Å². The second-order valence-electron chi connectivity index (χ2n) is 5.26. The van der Waals surface area contributed by atoms with Gasteiger partial charge in [0, 0.05) is 11.6 Å². The fraction of sp³-hybridized carbons (Fsp3) is 0.176. The molecule has 0 aliphatic rings. The first-order chi connectivity index (χ1) is 12.7. The van der Waals surface area contributed by atoms with E-state index >= 15 is 0 Å². The zero-order chi connectivity index (χ0) is 20.0. The maximum atomic E-state index is 12.6. The number of nitrogens with one attached hydrogen (secondary N) is 2. The van der Waals surface area contributed by atoms with Crippen LogP contribution in [0.4, 0.5) is 5.69 Å². The number of carbonyl (C=O) groups excluding carboxylic acids is 2. The van der Waals surface area contributed by atoms with E-state index in [1.165, 1.54) is 42.5 Å². The molecule has 2 rings (SSSR count). The van der Waals surface area contributed by atoms with Crippen molar-refractivity contribution < 1.29 is 22.7 Å². The van der Waals surface area contributed by atoms with Gasteiger partial charge in [0.15, 0.2) is 6.61 Å². The highest BCUT2D eigenvalue weighted by Gasteiger charge is 2.22. The molecule has 0 bridgehead atoms. The number of hydrogen-bond donors (Lipinski definition) is 2. The Morgan fingerprint density at radius 2 is 1.81 bits per heavy atom. The molecule has 0 heterocycles. The van der Waals surface area contributed by atoms with Crippen LogP contribution in [0.3, 0.4) is 0 Å². The molecule has 2 N–H and O–H groups in total. The molecular weight excluding hydrogens is 415 g/mol. The van der Waals surface area contributed by atoms with Gasteiger partial charge >= 0.3 is 5.97 Å². The number of carbonyl (C=O) groups is 2. The Balaban J connectivity index is 2.26. The summed E-state index contributed by atoms with van der Waals surface area (Å²) in [6, 6.07) is 9.84. The number of likely N-dealkylation sites (N-methyl/N-ethyl adjacent to an activating group) is 1. The van der Waals surface area contributed by atoms with Gasteiger partial charge in [0.25, 0.3) is 15.9 Å². The first-order valence-electron chi connectivity index (χ1n) is 7.75. The lowest BCUT2D eigenvalue weighted by molar-refractivity contribution is -0.124. The van der Waals surface area contributed by atoms with Gasteiger partial charge in [-0.15, -0.1) is 0 Å². The molecule has 10 heteroatoms. The Hall–Kier alpha value is -2.29. The summed E-state index contributed by atoms with van der Waals surface area (Å²) < 4.78 is 32.5. The van der Waals surface area contributed by atoms with Crippen molar-refractivity contribution in [2.75, 3.05) is 17.9 Å². The first-order valence-corrected chi connectivity index (χ1v) is 9.99. The van der Waals surface area contributed by atoms with Crippen molar-refractivity contribution in [3.05, 3.63) is 58.1 Å². The average Bonchev–Trinajstić information content (AvgIpc) is 2.62. The SMILES string of the molecule is CCNC(=O)COC(=O)c1ccccc1NS(=O)(=O)c1cc(Cl)ccc1Cl. The highest BCUT2D eigenvalue weighted by molar-refractivity contribution is 7.92. The summed E-state index contributed by atoms with van der Waals surface area (Å²) >= 11 is 11.8. The summed E-state index contributed by atoms with van der Waals surface area (Å²) in [5.41, 5.74) is -0.0713. The van der Waals surface area contributed by atoms with E-state index in [9.17, 15) is 18.0 Å². The fourth-order valence-electron chi connectivity index (χ4n) is 2.09. The van der Waals surface area contributed by atoms with Gasteiger partial charge in [-0.25, -0.2) is 13.2 Å². The van der Waals surface area contributed by atoms with Crippen LogP contribution in [0.25, 0.3) is 0 Å². The number of halogens is 2. The summed E-state index contributed by atoms with van der Waals surface area (Å²) in [6.45, 7) is 1.64. The van der Waals surface area contributed by atoms with Gasteiger partial charge in [0.1, 0.15) is 4.90 Å². The summed E-state index contributed by atoms with van der Waals surface area (Å²) in [5, 5.41) is 2.65. The molecule has 144 valence electrons. The molecule has 0 saturated heterocycles. The predicted octanol–water partition coefficient (Wildman–Crippen LogP) is 3.09. The van der Waals surface area contributed by atoms with E-state index in [2.05, 4.69) is 10.0 Å². The molecule has 0 aliphatic carbocycles. The van der Waals surface area contributed by atoms with Crippen LogP contribution in [-0.4, -0.2) is 33.4 Å². The first kappa shape index (κ1) is 21.0. The minimum atomic E-state index is -4.12. The third-order valence-electron chi connectivity index (χ3n) is 3.28. The maximum absolute atomic E-state index is 12.6. The van der Waals surface area contributed by atoms with E-state index < -0.39 is 28.5 Å². The summed E-state index contributed by atoms with van der Waals surface area (Å²) in [6.07, 6.45) is 0. The quantitative estimate of drug-likeness (QED) is 0.657. The van der Waals surface area contributed by atoms with Gasteiger partial charge in [0.05, 0.1) is 16.3 Å². The fourth-order valence-corrected chi connectivity index (χ4v) is 3.93. The highest BCUT2D eigenvalue weighted by Crippen LogP contribution is 2.28. The van der Waals surface area contributed by atoms with Crippen molar-refractivity contribution in [1.82, 2.24) is 5.32 Å². The van der Waals surface area contributed by atoms with Crippen LogP contribution < -0.4 is 10.0 Å². The molecule has 0 fully saturated rings. The topological polar surface area (TPSA) is 102 Å². The number of anilines is 1. The molecule has 2 aromatic carbocycles. The molecule has 0 unspecified atom stereocenters. The summed E-state index contributed by atoms with van der Waals surface area (Å²) in [5.74, 6) is -1.31. The molecular formula is C17H16Cl2N2O5S. The zero-order valence-electron chi connectivity index (χ0n) is 14.2. The predicted molar refractivity (Wildman–Crippen MR) is 103 cm³/mol. The molecule has 0 aliphatic heterocycles. The lowest BCUT2D eigenvalue weighted by atomic mass is 10.2. The largest absolute Gasteiger partial charge is 0.452 e. The molecule has 0 saturated carbocycles. The Morgan fingerprint density at radius 3 is 2.52 bits per heavy atom. The van der Waals surface area contributed by atoms with E-state index in [4.69, 9.17) is 27.9 Å². The number of rotatable bonds is 7. The van der Waals surface area contributed by atoms with Crippen molar-refractivity contribution in [1.29, 1.82) is 0 Å². The Morgan fingerprint density at radius 1 is 1.11 bits per heavy atom. The molecule has 0 atom stereocenters. The van der Waals surface area contributed by atoms with E-state index in [-0.39, 0.29) is 26.2 Å². The second kappa shape index (κ2) is 9.07. The van der Waals surface area contributed by atoms with E-state index in [1.807, 2.05) is 0 Å². The Labute approximate surface area is 166 Å². The normalized spacial score (nSPS) is 10.9. The molecule has 0 radical (unpaired) electrons. The third-order valence-corrected chi connectivity index (χ3v) is 5.36. The lowest BCUT2D eigenvalue weighted by Crippen LogP contribution is -2.28. The third kappa shape index (κ3) is 5.59. The van der Waals surface area contributed by atoms with Crippen LogP contribution in [0.2, 0.25) is 10.0 Å². The second-order valence-corrected chi connectivity index (χ2v) is 7.75. The van der Waals surface area contributed by atoms with E-state index in [0.29, 0.717) is 6.54 Å². The van der Waals surface area contributed by atoms with Crippen LogP contribution in [0, 0.1) is 0 Å². The number of esters is 1. The molecule has 1 amide bonds. The van der Waals surface area contributed by atoms with Crippen molar-refractivity contribution in [2.45, 2.75) is 11.8 Å². The average molecular weight is 431 g/mol. The lowest BCUT2D eigenvalue weighted by Gasteiger charge is -2.13. The van der Waals surface area contributed by atoms with Crippen LogP contribution in [0.5, 0.6) is 0 Å².